The maximum atomic E-state index is 11.8. The van der Waals surface area contributed by atoms with Crippen LogP contribution in [0.4, 0.5) is 17.1 Å². The van der Waals surface area contributed by atoms with E-state index >= 15 is 0 Å². The first kappa shape index (κ1) is 18.8. The van der Waals surface area contributed by atoms with Gasteiger partial charge >= 0.3 is 0 Å². The highest BCUT2D eigenvalue weighted by molar-refractivity contribution is 7.89. The number of sulfonamides is 1. The van der Waals surface area contributed by atoms with Crippen LogP contribution in [-0.4, -0.2) is 27.0 Å². The van der Waals surface area contributed by atoms with Gasteiger partial charge in [-0.05, 0) is 43.8 Å². The Morgan fingerprint density at radius 1 is 1.20 bits per heavy atom. The number of nitro benzene ring substituents is 1. The highest BCUT2D eigenvalue weighted by atomic mass is 32.2. The minimum Gasteiger partial charge on any atom is -0.377 e. The Morgan fingerprint density at radius 3 is 2.60 bits per heavy atom. The molecule has 0 atom stereocenters. The van der Waals surface area contributed by atoms with Crippen molar-refractivity contribution < 1.29 is 18.1 Å². The van der Waals surface area contributed by atoms with Crippen molar-refractivity contribution in [1.82, 2.24) is 4.72 Å². The quantitative estimate of drug-likeness (QED) is 0.550. The Kier molecular flexibility index (Phi) is 6.07. The number of nitro groups is 1. The van der Waals surface area contributed by atoms with Gasteiger partial charge in [-0.1, -0.05) is 12.1 Å². The molecule has 0 spiro atoms. The molecular formula is C16H19N3O5S. The zero-order valence-electron chi connectivity index (χ0n) is 13.9. The molecule has 0 aliphatic rings. The van der Waals surface area contributed by atoms with E-state index in [4.69, 9.17) is 4.74 Å². The molecule has 2 aromatic rings. The molecule has 9 heteroatoms. The third kappa shape index (κ3) is 4.75. The third-order valence-corrected chi connectivity index (χ3v) is 4.84. The lowest BCUT2D eigenvalue weighted by Gasteiger charge is -2.10. The van der Waals surface area contributed by atoms with E-state index in [9.17, 15) is 18.5 Å². The summed E-state index contributed by atoms with van der Waals surface area (Å²) >= 11 is 0. The van der Waals surface area contributed by atoms with E-state index in [1.807, 2.05) is 25.1 Å². The molecule has 0 radical (unpaired) electrons. The molecule has 0 aliphatic heterocycles. The van der Waals surface area contributed by atoms with Crippen LogP contribution in [0.5, 0.6) is 0 Å². The summed E-state index contributed by atoms with van der Waals surface area (Å²) in [6.45, 7) is 2.92. The fourth-order valence-corrected chi connectivity index (χ4v) is 2.92. The summed E-state index contributed by atoms with van der Waals surface area (Å²) in [6.07, 6.45) is 0. The van der Waals surface area contributed by atoms with E-state index in [0.717, 1.165) is 11.6 Å². The van der Waals surface area contributed by atoms with Gasteiger partial charge in [0.1, 0.15) is 5.69 Å². The van der Waals surface area contributed by atoms with Crippen molar-refractivity contribution in [1.29, 1.82) is 0 Å². The monoisotopic (exact) mass is 365 g/mol. The third-order valence-electron chi connectivity index (χ3n) is 3.42. The Bertz CT molecular complexity index is 868. The maximum Gasteiger partial charge on any atom is 0.294 e. The van der Waals surface area contributed by atoms with Gasteiger partial charge in [0, 0.05) is 18.4 Å². The number of nitrogens with one attached hydrogen (secondary N) is 2. The van der Waals surface area contributed by atoms with Crippen LogP contribution in [0.2, 0.25) is 0 Å². The summed E-state index contributed by atoms with van der Waals surface area (Å²) in [5.41, 5.74) is 1.44. The van der Waals surface area contributed by atoms with Gasteiger partial charge in [-0.15, -0.1) is 0 Å². The van der Waals surface area contributed by atoms with E-state index in [1.54, 1.807) is 6.07 Å². The topological polar surface area (TPSA) is 111 Å². The predicted octanol–water partition coefficient (Wildman–Crippen LogP) is 2.78. The van der Waals surface area contributed by atoms with Gasteiger partial charge in [-0.3, -0.25) is 10.1 Å². The van der Waals surface area contributed by atoms with Crippen molar-refractivity contribution >= 4 is 27.1 Å². The van der Waals surface area contributed by atoms with Crippen LogP contribution in [0.25, 0.3) is 0 Å². The molecular weight excluding hydrogens is 346 g/mol. The first-order valence-corrected chi connectivity index (χ1v) is 9.01. The summed E-state index contributed by atoms with van der Waals surface area (Å²) in [6, 6.07) is 11.0. The van der Waals surface area contributed by atoms with E-state index < -0.39 is 14.9 Å². The molecule has 0 unspecified atom stereocenters. The standard InChI is InChI=1S/C16H19N3O5S/c1-3-24-11-12-5-4-6-13(9-12)18-15-8-7-14(25(22,23)17-2)10-16(15)19(20)21/h4-10,17-18H,3,11H2,1-2H3. The first-order valence-electron chi connectivity index (χ1n) is 7.53. The average Bonchev–Trinajstić information content (AvgIpc) is 2.60. The lowest BCUT2D eigenvalue weighted by Crippen LogP contribution is -2.18. The molecule has 0 aromatic heterocycles. The Balaban J connectivity index is 2.35. The zero-order valence-corrected chi connectivity index (χ0v) is 14.7. The van der Waals surface area contributed by atoms with Crippen LogP contribution >= 0.6 is 0 Å². The van der Waals surface area contributed by atoms with E-state index in [-0.39, 0.29) is 16.3 Å². The number of hydrogen-bond acceptors (Lipinski definition) is 6. The van der Waals surface area contributed by atoms with Crippen molar-refractivity contribution in [2.75, 3.05) is 19.0 Å². The first-order chi connectivity index (χ1) is 11.9. The van der Waals surface area contributed by atoms with Crippen molar-refractivity contribution in [3.05, 3.63) is 58.1 Å². The molecule has 0 bridgehead atoms. The lowest BCUT2D eigenvalue weighted by atomic mass is 10.2. The van der Waals surface area contributed by atoms with Crippen molar-refractivity contribution in [3.63, 3.8) is 0 Å². The van der Waals surface area contributed by atoms with Crippen LogP contribution in [0.1, 0.15) is 12.5 Å². The van der Waals surface area contributed by atoms with Gasteiger partial charge in [0.15, 0.2) is 0 Å². The van der Waals surface area contributed by atoms with Crippen LogP contribution < -0.4 is 10.0 Å². The normalized spacial score (nSPS) is 11.3. The zero-order chi connectivity index (χ0) is 18.4. The fraction of sp³-hybridized carbons (Fsp3) is 0.250. The van der Waals surface area contributed by atoms with Gasteiger partial charge in [0.05, 0.1) is 16.4 Å². The summed E-state index contributed by atoms with van der Waals surface area (Å²) in [7, 11) is -2.51. The van der Waals surface area contributed by atoms with Crippen LogP contribution in [0, 0.1) is 10.1 Å². The molecule has 25 heavy (non-hydrogen) atoms. The molecule has 8 nitrogen and oxygen atoms in total. The molecule has 0 amide bonds. The molecule has 134 valence electrons. The number of anilines is 2. The van der Waals surface area contributed by atoms with Crippen LogP contribution in [0.3, 0.4) is 0 Å². The molecule has 2 N–H and O–H groups in total. The van der Waals surface area contributed by atoms with Crippen molar-refractivity contribution in [2.24, 2.45) is 0 Å². The summed E-state index contributed by atoms with van der Waals surface area (Å²) in [5.74, 6) is 0. The summed E-state index contributed by atoms with van der Waals surface area (Å²) in [5, 5.41) is 14.3. The highest BCUT2D eigenvalue weighted by Gasteiger charge is 2.20. The second-order valence-electron chi connectivity index (χ2n) is 5.11. The SMILES string of the molecule is CCOCc1cccc(Nc2ccc(S(=O)(=O)NC)cc2[N+](=O)[O-])c1. The molecule has 0 saturated heterocycles. The van der Waals surface area contributed by atoms with Crippen molar-refractivity contribution in [2.45, 2.75) is 18.4 Å². The number of hydrogen-bond donors (Lipinski definition) is 2. The molecule has 0 heterocycles. The summed E-state index contributed by atoms with van der Waals surface area (Å²) < 4.78 is 31.1. The van der Waals surface area contributed by atoms with Gasteiger partial charge in [-0.2, -0.15) is 0 Å². The van der Waals surface area contributed by atoms with Crippen LogP contribution in [0.15, 0.2) is 47.4 Å². The summed E-state index contributed by atoms with van der Waals surface area (Å²) in [4.78, 5) is 10.5. The number of ether oxygens (including phenoxy) is 1. The van der Waals surface area contributed by atoms with Gasteiger partial charge < -0.3 is 10.1 Å². The Morgan fingerprint density at radius 2 is 1.96 bits per heavy atom. The smallest absolute Gasteiger partial charge is 0.294 e. The lowest BCUT2D eigenvalue weighted by molar-refractivity contribution is -0.384. The predicted molar refractivity (Wildman–Crippen MR) is 94.4 cm³/mol. The van der Waals surface area contributed by atoms with E-state index in [0.29, 0.717) is 18.9 Å². The van der Waals surface area contributed by atoms with Gasteiger partial charge in [0.2, 0.25) is 10.0 Å². The number of benzene rings is 2. The number of rotatable bonds is 8. The van der Waals surface area contributed by atoms with Crippen LogP contribution in [-0.2, 0) is 21.4 Å². The van der Waals surface area contributed by atoms with Gasteiger partial charge in [0.25, 0.3) is 5.69 Å². The Hall–Kier alpha value is -2.49. The maximum absolute atomic E-state index is 11.8. The fourth-order valence-electron chi connectivity index (χ4n) is 2.17. The van der Waals surface area contributed by atoms with Crippen molar-refractivity contribution in [3.8, 4) is 0 Å². The molecule has 0 saturated carbocycles. The van der Waals surface area contributed by atoms with E-state index in [2.05, 4.69) is 10.0 Å². The second-order valence-corrected chi connectivity index (χ2v) is 6.99. The second kappa shape index (κ2) is 8.06. The largest absolute Gasteiger partial charge is 0.377 e. The average molecular weight is 365 g/mol. The molecule has 0 aliphatic carbocycles. The van der Waals surface area contributed by atoms with E-state index in [1.165, 1.54) is 19.2 Å². The molecule has 2 rings (SSSR count). The minimum atomic E-state index is -3.76. The van der Waals surface area contributed by atoms with Gasteiger partial charge in [-0.25, -0.2) is 13.1 Å². The minimum absolute atomic E-state index is 0.169. The highest BCUT2D eigenvalue weighted by Crippen LogP contribution is 2.30. The molecule has 0 fully saturated rings. The Labute approximate surface area is 146 Å². The number of nitrogens with zero attached hydrogens (tertiary/aromatic N) is 1. The molecule has 2 aromatic carbocycles.